The first kappa shape index (κ1) is 27.2. The molecule has 0 atom stereocenters. The molecule has 5 rings (SSSR count). The first-order valence-corrected chi connectivity index (χ1v) is 20.6. The second kappa shape index (κ2) is 11.8. The molecule has 4 aromatic rings. The summed E-state index contributed by atoms with van der Waals surface area (Å²) in [5, 5.41) is 0. The third kappa shape index (κ3) is 5.68. The van der Waals surface area contributed by atoms with E-state index < -0.39 is 17.7 Å². The Morgan fingerprint density at radius 3 is 1.87 bits per heavy atom. The molecule has 4 aromatic carbocycles. The van der Waals surface area contributed by atoms with Gasteiger partial charge in [0, 0.05) is 0 Å². The number of aliphatic imine (C=N–C) groups is 1. The van der Waals surface area contributed by atoms with Gasteiger partial charge >= 0.3 is 239 Å². The van der Waals surface area contributed by atoms with Gasteiger partial charge in [0.2, 0.25) is 0 Å². The zero-order chi connectivity index (χ0) is 27.4. The normalized spacial score (nSPS) is 13.6. The van der Waals surface area contributed by atoms with Crippen LogP contribution < -0.4 is 11.9 Å². The van der Waals surface area contributed by atoms with Crippen LogP contribution in [0.5, 0.6) is 5.75 Å². The van der Waals surface area contributed by atoms with Crippen molar-refractivity contribution in [3.05, 3.63) is 126 Å². The van der Waals surface area contributed by atoms with Crippen LogP contribution in [0.4, 0.5) is 5.69 Å². The Hall–Kier alpha value is -3.35. The van der Waals surface area contributed by atoms with Gasteiger partial charge in [0.1, 0.15) is 0 Å². The molecular formula is C33H30ClNO3Sn. The Labute approximate surface area is 238 Å². The van der Waals surface area contributed by atoms with Crippen LogP contribution in [0.3, 0.4) is 0 Å². The van der Waals surface area contributed by atoms with Gasteiger partial charge in [-0.25, -0.2) is 0 Å². The van der Waals surface area contributed by atoms with E-state index in [0.717, 1.165) is 24.2 Å². The van der Waals surface area contributed by atoms with E-state index in [0.29, 0.717) is 29.0 Å². The topological polar surface area (TPSA) is 47.9 Å². The van der Waals surface area contributed by atoms with E-state index in [4.69, 9.17) is 21.7 Å². The first-order chi connectivity index (χ1) is 18.9. The Bertz CT molecular complexity index is 1490. The number of benzene rings is 4. The summed E-state index contributed by atoms with van der Waals surface area (Å²) >= 11 is -4.30. The SMILES string of the molecule is COc1ccc(N=C(CC(C)C)C2=C([O][Sn]([Cl])([c]3ccccc3)[c]3ccccc3)c3ccccc3C2=O)cc1. The van der Waals surface area contributed by atoms with Crippen LogP contribution in [0, 0.1) is 5.92 Å². The molecule has 4 nitrogen and oxygen atoms in total. The predicted molar refractivity (Wildman–Crippen MR) is 162 cm³/mol. The maximum atomic E-state index is 14.0. The molecule has 0 saturated heterocycles. The van der Waals surface area contributed by atoms with Gasteiger partial charge in [-0.2, -0.15) is 0 Å². The minimum absolute atomic E-state index is 0.0834. The van der Waals surface area contributed by atoms with Gasteiger partial charge in [-0.15, -0.1) is 0 Å². The maximum absolute atomic E-state index is 14.0. The van der Waals surface area contributed by atoms with Gasteiger partial charge in [-0.3, -0.25) is 0 Å². The van der Waals surface area contributed by atoms with Gasteiger partial charge in [0.05, 0.1) is 0 Å². The first-order valence-electron chi connectivity index (χ1n) is 13.0. The second-order valence-corrected chi connectivity index (χ2v) is 20.7. The molecule has 6 heteroatoms. The van der Waals surface area contributed by atoms with E-state index >= 15 is 0 Å². The zero-order valence-corrected chi connectivity index (χ0v) is 25.8. The van der Waals surface area contributed by atoms with Gasteiger partial charge in [0.25, 0.3) is 0 Å². The molecule has 0 bridgehead atoms. The quantitative estimate of drug-likeness (QED) is 0.147. The molecule has 196 valence electrons. The molecule has 0 aliphatic heterocycles. The van der Waals surface area contributed by atoms with Gasteiger partial charge < -0.3 is 0 Å². The monoisotopic (exact) mass is 643 g/mol. The fraction of sp³-hybridized carbons (Fsp3) is 0.152. The average Bonchev–Trinajstić information content (AvgIpc) is 3.24. The second-order valence-electron chi connectivity index (χ2n) is 9.86. The number of carbonyl (C=O) groups excluding carboxylic acids is 1. The number of halogens is 1. The van der Waals surface area contributed by atoms with Gasteiger partial charge in [-0.1, -0.05) is 0 Å². The van der Waals surface area contributed by atoms with Crippen molar-refractivity contribution < 1.29 is 12.6 Å². The fourth-order valence-corrected chi connectivity index (χ4v) is 13.5. The number of hydrogen-bond donors (Lipinski definition) is 0. The number of hydrogen-bond acceptors (Lipinski definition) is 4. The minimum atomic E-state index is -4.30. The molecule has 39 heavy (non-hydrogen) atoms. The van der Waals surface area contributed by atoms with Crippen molar-refractivity contribution in [2.24, 2.45) is 10.9 Å². The van der Waals surface area contributed by atoms with Crippen molar-refractivity contribution in [1.29, 1.82) is 0 Å². The van der Waals surface area contributed by atoms with E-state index in [1.165, 1.54) is 0 Å². The molecule has 0 aromatic heterocycles. The number of Topliss-reactive ketones (excluding diaryl/α,β-unsaturated/α-hetero) is 1. The van der Waals surface area contributed by atoms with Crippen molar-refractivity contribution in [3.63, 3.8) is 0 Å². The van der Waals surface area contributed by atoms with Crippen LogP contribution in [-0.2, 0) is 3.07 Å². The summed E-state index contributed by atoms with van der Waals surface area (Å²) in [5.41, 5.74) is 3.30. The molecule has 0 spiro atoms. The van der Waals surface area contributed by atoms with E-state index in [1.54, 1.807) is 7.11 Å². The Kier molecular flexibility index (Phi) is 8.24. The van der Waals surface area contributed by atoms with Gasteiger partial charge in [-0.05, 0) is 0 Å². The number of rotatable bonds is 9. The fourth-order valence-electron chi connectivity index (χ4n) is 4.75. The molecule has 0 amide bonds. The van der Waals surface area contributed by atoms with Crippen molar-refractivity contribution in [2.45, 2.75) is 20.3 Å². The molecular weight excluding hydrogens is 613 g/mol. The summed E-state index contributed by atoms with van der Waals surface area (Å²) in [5.74, 6) is 1.46. The van der Waals surface area contributed by atoms with Crippen molar-refractivity contribution in [2.75, 3.05) is 7.11 Å². The van der Waals surface area contributed by atoms with Crippen molar-refractivity contribution in [1.82, 2.24) is 0 Å². The summed E-state index contributed by atoms with van der Waals surface area (Å²) in [6, 6.07) is 35.1. The summed E-state index contributed by atoms with van der Waals surface area (Å²) in [6.45, 7) is 4.24. The van der Waals surface area contributed by atoms with Crippen molar-refractivity contribution >= 4 is 56.7 Å². The van der Waals surface area contributed by atoms with E-state index in [2.05, 4.69) is 13.8 Å². The van der Waals surface area contributed by atoms with Crippen LogP contribution in [-0.4, -0.2) is 36.3 Å². The van der Waals surface area contributed by atoms with Crippen LogP contribution in [0.1, 0.15) is 36.2 Å². The molecule has 0 saturated carbocycles. The van der Waals surface area contributed by atoms with Gasteiger partial charge in [0.15, 0.2) is 0 Å². The molecule has 1 aliphatic carbocycles. The van der Waals surface area contributed by atoms with Crippen molar-refractivity contribution in [3.8, 4) is 5.75 Å². The Morgan fingerprint density at radius 2 is 1.33 bits per heavy atom. The average molecular weight is 643 g/mol. The molecule has 0 unspecified atom stereocenters. The predicted octanol–water partition coefficient (Wildman–Crippen LogP) is 6.93. The van der Waals surface area contributed by atoms with Crippen LogP contribution >= 0.6 is 8.92 Å². The van der Waals surface area contributed by atoms with Crippen LogP contribution in [0.2, 0.25) is 0 Å². The zero-order valence-electron chi connectivity index (χ0n) is 22.2. The Balaban J connectivity index is 1.72. The number of ketones is 1. The number of ether oxygens (including phenoxy) is 1. The third-order valence-electron chi connectivity index (χ3n) is 6.63. The number of fused-ring (bicyclic) bond motifs is 1. The molecule has 0 radical (unpaired) electrons. The Morgan fingerprint density at radius 1 is 0.795 bits per heavy atom. The van der Waals surface area contributed by atoms with Crippen LogP contribution in [0.25, 0.3) is 5.76 Å². The van der Waals surface area contributed by atoms with Crippen LogP contribution in [0.15, 0.2) is 120 Å². The molecule has 0 fully saturated rings. The van der Waals surface area contributed by atoms with E-state index in [-0.39, 0.29) is 11.7 Å². The molecule has 0 heterocycles. The number of allylic oxidation sites excluding steroid dienone is 1. The summed E-state index contributed by atoms with van der Waals surface area (Å²) in [6.07, 6.45) is 0.607. The summed E-state index contributed by atoms with van der Waals surface area (Å²) < 4.78 is 14.3. The van der Waals surface area contributed by atoms with E-state index in [1.807, 2.05) is 109 Å². The molecule has 0 N–H and O–H groups in total. The van der Waals surface area contributed by atoms with E-state index in [9.17, 15) is 4.79 Å². The standard InChI is InChI=1S/C21H21NO3.2C6H5.ClH.Sn/c1-13(2)12-18(22-14-8-10-15(25-3)11-9-14)19-20(23)16-6-4-5-7-17(16)21(19)24;2*1-2-4-6-5-3-1;;/h4-11,13,23H,12H2,1-3H3;2*1-5H;1H;/q;;;;+2/p-2. The number of methoxy groups -OCH3 is 1. The third-order valence-corrected chi connectivity index (χ3v) is 17.6. The number of nitrogens with zero attached hydrogens (tertiary/aromatic N) is 1. The molecule has 1 aliphatic rings. The summed E-state index contributed by atoms with van der Waals surface area (Å²) in [4.78, 5) is 19.0. The summed E-state index contributed by atoms with van der Waals surface area (Å²) in [7, 11) is 9.28. The number of carbonyl (C=O) groups is 1.